The smallest absolute Gasteiger partial charge is 0.150 e. The van der Waals surface area contributed by atoms with Crippen molar-refractivity contribution in [2.24, 2.45) is 0 Å². The molecule has 0 aliphatic heterocycles. The van der Waals surface area contributed by atoms with Gasteiger partial charge in [0.05, 0.1) is 6.67 Å². The van der Waals surface area contributed by atoms with Gasteiger partial charge >= 0.3 is 0 Å². The summed E-state index contributed by atoms with van der Waals surface area (Å²) in [5, 5.41) is 4.72. The average Bonchev–Trinajstić information content (AvgIpc) is 3.14. The molecule has 0 amide bonds. The molecule has 164 valence electrons. The summed E-state index contributed by atoms with van der Waals surface area (Å²) in [6.45, 7) is 10.1. The van der Waals surface area contributed by atoms with Crippen molar-refractivity contribution < 1.29 is 0 Å². The van der Waals surface area contributed by atoms with Crippen molar-refractivity contribution in [2.75, 3.05) is 13.1 Å². The fraction of sp³-hybridized carbons (Fsp3) is 0.917. The molecular formula is C24H48N4. The highest BCUT2D eigenvalue weighted by molar-refractivity contribution is 4.81. The van der Waals surface area contributed by atoms with Crippen molar-refractivity contribution in [1.82, 2.24) is 19.7 Å². The Hall–Kier alpha value is -0.900. The Morgan fingerprint density at radius 1 is 0.679 bits per heavy atom. The summed E-state index contributed by atoms with van der Waals surface area (Å²) in [7, 11) is 0. The average molecular weight is 393 g/mol. The molecule has 0 radical (unpaired) electrons. The molecule has 4 heteroatoms. The number of rotatable bonds is 20. The standard InChI is InChI=1S/C24H48N4/c1-4-7-10-12-14-17-20-27(21-18-15-13-11-8-5-2)23-28-22-25-24(26-28)19-16-9-6-3/h22H,4-21,23H2,1-3H3. The van der Waals surface area contributed by atoms with E-state index < -0.39 is 0 Å². The van der Waals surface area contributed by atoms with Crippen molar-refractivity contribution >= 4 is 0 Å². The zero-order chi connectivity index (χ0) is 20.3. The SMILES string of the molecule is CCCCCCCCN(CCCCCCCC)Cn1cnc(CCCCC)n1. The number of hydrogen-bond acceptors (Lipinski definition) is 3. The molecule has 0 N–H and O–H groups in total. The van der Waals surface area contributed by atoms with Gasteiger partial charge in [0.15, 0.2) is 5.82 Å². The van der Waals surface area contributed by atoms with Gasteiger partial charge in [0, 0.05) is 6.42 Å². The fourth-order valence-electron chi connectivity index (χ4n) is 3.74. The van der Waals surface area contributed by atoms with Gasteiger partial charge in [-0.1, -0.05) is 97.8 Å². The molecule has 0 bridgehead atoms. The van der Waals surface area contributed by atoms with Crippen LogP contribution < -0.4 is 0 Å². The van der Waals surface area contributed by atoms with Crippen LogP contribution in [0.15, 0.2) is 6.33 Å². The minimum absolute atomic E-state index is 0.907. The van der Waals surface area contributed by atoms with Gasteiger partial charge in [0.2, 0.25) is 0 Å². The van der Waals surface area contributed by atoms with Gasteiger partial charge in [0.1, 0.15) is 6.33 Å². The molecule has 4 nitrogen and oxygen atoms in total. The van der Waals surface area contributed by atoms with Gasteiger partial charge in [-0.15, -0.1) is 0 Å². The zero-order valence-corrected chi connectivity index (χ0v) is 19.3. The maximum atomic E-state index is 4.72. The van der Waals surface area contributed by atoms with Crippen LogP contribution in [0.3, 0.4) is 0 Å². The topological polar surface area (TPSA) is 34.0 Å². The molecule has 0 aliphatic rings. The quantitative estimate of drug-likeness (QED) is 0.224. The van der Waals surface area contributed by atoms with E-state index in [1.807, 2.05) is 6.33 Å². The normalized spacial score (nSPS) is 11.6. The predicted octanol–water partition coefficient (Wildman–Crippen LogP) is 6.99. The fourth-order valence-corrected chi connectivity index (χ4v) is 3.74. The van der Waals surface area contributed by atoms with E-state index >= 15 is 0 Å². The van der Waals surface area contributed by atoms with Crippen LogP contribution in [0, 0.1) is 0 Å². The molecule has 0 atom stereocenters. The number of aryl methyl sites for hydroxylation is 1. The van der Waals surface area contributed by atoms with Crippen molar-refractivity contribution in [1.29, 1.82) is 0 Å². The Morgan fingerprint density at radius 2 is 1.18 bits per heavy atom. The second-order valence-electron chi connectivity index (χ2n) is 8.45. The van der Waals surface area contributed by atoms with Gasteiger partial charge in [-0.25, -0.2) is 9.67 Å². The Kier molecular flexibility index (Phi) is 16.3. The van der Waals surface area contributed by atoms with Gasteiger partial charge in [0.25, 0.3) is 0 Å². The maximum absolute atomic E-state index is 4.72. The van der Waals surface area contributed by atoms with E-state index in [9.17, 15) is 0 Å². The highest BCUT2D eigenvalue weighted by atomic mass is 15.4. The van der Waals surface area contributed by atoms with Crippen molar-refractivity contribution in [3.05, 3.63) is 12.2 Å². The van der Waals surface area contributed by atoms with Crippen LogP contribution >= 0.6 is 0 Å². The number of hydrogen-bond donors (Lipinski definition) is 0. The van der Waals surface area contributed by atoms with Crippen molar-refractivity contribution in [3.63, 3.8) is 0 Å². The monoisotopic (exact) mass is 392 g/mol. The molecule has 0 aliphatic carbocycles. The summed E-state index contributed by atoms with van der Waals surface area (Å²) in [5.41, 5.74) is 0. The first-order chi connectivity index (χ1) is 13.8. The molecule has 28 heavy (non-hydrogen) atoms. The molecule has 0 fully saturated rings. The minimum atomic E-state index is 0.907. The maximum Gasteiger partial charge on any atom is 0.150 e. The number of unbranched alkanes of at least 4 members (excludes halogenated alkanes) is 12. The highest BCUT2D eigenvalue weighted by Gasteiger charge is 2.08. The predicted molar refractivity (Wildman–Crippen MR) is 122 cm³/mol. The number of aromatic nitrogens is 3. The second-order valence-corrected chi connectivity index (χ2v) is 8.45. The minimum Gasteiger partial charge on any atom is -0.284 e. The molecule has 1 aromatic rings. The van der Waals surface area contributed by atoms with E-state index in [0.717, 1.165) is 18.9 Å². The lowest BCUT2D eigenvalue weighted by atomic mass is 10.1. The third-order valence-electron chi connectivity index (χ3n) is 5.59. The summed E-state index contributed by atoms with van der Waals surface area (Å²) in [6.07, 6.45) is 23.1. The molecule has 1 rings (SSSR count). The summed E-state index contributed by atoms with van der Waals surface area (Å²) >= 11 is 0. The van der Waals surface area contributed by atoms with Crippen molar-refractivity contribution in [2.45, 2.75) is 130 Å². The Labute approximate surface area is 175 Å². The Balaban J connectivity index is 2.36. The molecular weight excluding hydrogens is 344 g/mol. The second kappa shape index (κ2) is 18.1. The van der Waals surface area contributed by atoms with E-state index in [1.165, 1.54) is 109 Å². The van der Waals surface area contributed by atoms with Crippen LogP contribution in [-0.4, -0.2) is 32.8 Å². The van der Waals surface area contributed by atoms with E-state index in [4.69, 9.17) is 5.10 Å². The third kappa shape index (κ3) is 13.3. The van der Waals surface area contributed by atoms with E-state index in [2.05, 4.69) is 35.3 Å². The van der Waals surface area contributed by atoms with E-state index in [0.29, 0.717) is 0 Å². The van der Waals surface area contributed by atoms with Gasteiger partial charge in [-0.2, -0.15) is 5.10 Å². The van der Waals surface area contributed by atoms with Crippen LogP contribution in [0.2, 0.25) is 0 Å². The van der Waals surface area contributed by atoms with E-state index in [-0.39, 0.29) is 0 Å². The van der Waals surface area contributed by atoms with Gasteiger partial charge < -0.3 is 0 Å². The summed E-state index contributed by atoms with van der Waals surface area (Å²) in [4.78, 5) is 7.13. The van der Waals surface area contributed by atoms with Crippen LogP contribution in [-0.2, 0) is 13.1 Å². The lowest BCUT2D eigenvalue weighted by Gasteiger charge is -2.22. The largest absolute Gasteiger partial charge is 0.284 e. The molecule has 1 aromatic heterocycles. The third-order valence-corrected chi connectivity index (χ3v) is 5.59. The lowest BCUT2D eigenvalue weighted by molar-refractivity contribution is 0.197. The van der Waals surface area contributed by atoms with Gasteiger partial charge in [-0.3, -0.25) is 4.90 Å². The molecule has 0 spiro atoms. The van der Waals surface area contributed by atoms with Crippen LogP contribution in [0.1, 0.15) is 123 Å². The van der Waals surface area contributed by atoms with Crippen LogP contribution in [0.4, 0.5) is 0 Å². The van der Waals surface area contributed by atoms with Gasteiger partial charge in [-0.05, 0) is 32.4 Å². The van der Waals surface area contributed by atoms with Crippen molar-refractivity contribution in [3.8, 4) is 0 Å². The molecule has 0 aromatic carbocycles. The first-order valence-corrected chi connectivity index (χ1v) is 12.4. The Morgan fingerprint density at radius 3 is 1.75 bits per heavy atom. The molecule has 0 unspecified atom stereocenters. The summed E-state index contributed by atoms with van der Waals surface area (Å²) < 4.78 is 2.06. The van der Waals surface area contributed by atoms with Crippen LogP contribution in [0.25, 0.3) is 0 Å². The summed E-state index contributed by atoms with van der Waals surface area (Å²) in [6, 6.07) is 0. The summed E-state index contributed by atoms with van der Waals surface area (Å²) in [5.74, 6) is 1.02. The zero-order valence-electron chi connectivity index (χ0n) is 19.3. The molecule has 0 saturated carbocycles. The highest BCUT2D eigenvalue weighted by Crippen LogP contribution is 2.10. The Bertz CT molecular complexity index is 428. The van der Waals surface area contributed by atoms with E-state index in [1.54, 1.807) is 0 Å². The number of nitrogens with zero attached hydrogens (tertiary/aromatic N) is 4. The molecule has 0 saturated heterocycles. The van der Waals surface area contributed by atoms with Crippen LogP contribution in [0.5, 0.6) is 0 Å². The first kappa shape index (κ1) is 25.1. The first-order valence-electron chi connectivity index (χ1n) is 12.4. The molecule has 1 heterocycles. The lowest BCUT2D eigenvalue weighted by Crippen LogP contribution is -2.29.